The smallest absolute Gasteiger partial charge is 0.254 e. The van der Waals surface area contributed by atoms with Gasteiger partial charge in [-0.3, -0.25) is 9.59 Å². The van der Waals surface area contributed by atoms with Crippen LogP contribution in [-0.4, -0.2) is 32.1 Å². The van der Waals surface area contributed by atoms with Gasteiger partial charge in [-0.2, -0.15) is 0 Å². The van der Waals surface area contributed by atoms with Crippen molar-refractivity contribution in [2.75, 3.05) is 20.3 Å². The minimum Gasteiger partial charge on any atom is -0.493 e. The molecule has 0 aliphatic heterocycles. The molecule has 0 bridgehead atoms. The number of carbonyl (C=O) groups excluding carboxylic acids is 2. The zero-order valence-electron chi connectivity index (χ0n) is 15.0. The Kier molecular flexibility index (Phi) is 7.54. The van der Waals surface area contributed by atoms with Gasteiger partial charge >= 0.3 is 0 Å². The lowest BCUT2D eigenvalue weighted by Gasteiger charge is -2.12. The molecule has 2 amide bonds. The third kappa shape index (κ3) is 5.84. The fourth-order valence-corrected chi connectivity index (χ4v) is 2.19. The Bertz CT molecular complexity index is 713. The molecule has 0 saturated carbocycles. The molecule has 0 atom stereocenters. The van der Waals surface area contributed by atoms with Crippen LogP contribution in [-0.2, 0) is 11.3 Å². The van der Waals surface area contributed by atoms with E-state index in [1.807, 2.05) is 18.2 Å². The van der Waals surface area contributed by atoms with E-state index in [4.69, 9.17) is 13.9 Å². The predicted octanol–water partition coefficient (Wildman–Crippen LogP) is 2.51. The number of nitrogens with one attached hydrogen (secondary N) is 2. The third-order valence-corrected chi connectivity index (χ3v) is 3.67. The minimum absolute atomic E-state index is 0.112. The lowest BCUT2D eigenvalue weighted by Crippen LogP contribution is -2.36. The van der Waals surface area contributed by atoms with E-state index in [2.05, 4.69) is 17.6 Å². The van der Waals surface area contributed by atoms with Crippen LogP contribution < -0.4 is 20.1 Å². The maximum atomic E-state index is 11.9. The molecule has 0 fully saturated rings. The van der Waals surface area contributed by atoms with Gasteiger partial charge in [0, 0.05) is 6.54 Å². The van der Waals surface area contributed by atoms with Crippen LogP contribution in [0.3, 0.4) is 0 Å². The van der Waals surface area contributed by atoms with E-state index in [-0.39, 0.29) is 18.4 Å². The highest BCUT2D eigenvalue weighted by atomic mass is 16.5. The van der Waals surface area contributed by atoms with E-state index in [0.717, 1.165) is 18.4 Å². The molecule has 1 aromatic heterocycles. The van der Waals surface area contributed by atoms with Crippen LogP contribution in [0.15, 0.2) is 41.2 Å². The summed E-state index contributed by atoms with van der Waals surface area (Å²) in [5, 5.41) is 5.27. The van der Waals surface area contributed by atoms with Crippen LogP contribution in [0.2, 0.25) is 0 Å². The van der Waals surface area contributed by atoms with Crippen molar-refractivity contribution in [2.45, 2.75) is 26.3 Å². The SMILES string of the molecule is CCCCOc1ccc(CNC(=O)CNC(=O)c2ccoc2)cc1OC. The Morgan fingerprint density at radius 3 is 2.69 bits per heavy atom. The van der Waals surface area contributed by atoms with Crippen molar-refractivity contribution in [1.82, 2.24) is 10.6 Å². The first-order valence-electron chi connectivity index (χ1n) is 8.50. The molecule has 0 spiro atoms. The van der Waals surface area contributed by atoms with E-state index in [0.29, 0.717) is 30.2 Å². The summed E-state index contributed by atoms with van der Waals surface area (Å²) in [5.74, 6) is 0.665. The Balaban J connectivity index is 1.80. The van der Waals surface area contributed by atoms with Crippen LogP contribution in [0.25, 0.3) is 0 Å². The van der Waals surface area contributed by atoms with Crippen LogP contribution in [0.5, 0.6) is 11.5 Å². The van der Waals surface area contributed by atoms with Crippen LogP contribution in [0, 0.1) is 0 Å². The van der Waals surface area contributed by atoms with E-state index in [1.54, 1.807) is 7.11 Å². The van der Waals surface area contributed by atoms with Crippen molar-refractivity contribution in [1.29, 1.82) is 0 Å². The molecule has 2 N–H and O–H groups in total. The molecule has 1 aromatic carbocycles. The predicted molar refractivity (Wildman–Crippen MR) is 96.3 cm³/mol. The number of methoxy groups -OCH3 is 1. The Morgan fingerprint density at radius 1 is 1.15 bits per heavy atom. The van der Waals surface area contributed by atoms with Crippen molar-refractivity contribution in [3.05, 3.63) is 47.9 Å². The van der Waals surface area contributed by atoms with Crippen LogP contribution in [0.4, 0.5) is 0 Å². The van der Waals surface area contributed by atoms with Gasteiger partial charge in [0.25, 0.3) is 5.91 Å². The van der Waals surface area contributed by atoms with Crippen LogP contribution in [0.1, 0.15) is 35.7 Å². The Labute approximate surface area is 152 Å². The number of furan rings is 1. The summed E-state index contributed by atoms with van der Waals surface area (Å²) in [6, 6.07) is 7.06. The number of hydrogen-bond acceptors (Lipinski definition) is 5. The number of carbonyl (C=O) groups is 2. The van der Waals surface area contributed by atoms with Gasteiger partial charge in [-0.15, -0.1) is 0 Å². The highest BCUT2D eigenvalue weighted by Gasteiger charge is 2.10. The average molecular weight is 360 g/mol. The lowest BCUT2D eigenvalue weighted by atomic mass is 10.2. The first-order chi connectivity index (χ1) is 12.6. The Hall–Kier alpha value is -2.96. The summed E-state index contributed by atoms with van der Waals surface area (Å²) in [6.45, 7) is 2.95. The molecule has 2 aromatic rings. The number of amides is 2. The standard InChI is InChI=1S/C19H24N2O5/c1-3-4-8-26-16-6-5-14(10-17(16)24-2)11-20-18(22)12-21-19(23)15-7-9-25-13-15/h5-7,9-10,13H,3-4,8,11-12H2,1-2H3,(H,20,22)(H,21,23). The second-order valence-electron chi connectivity index (χ2n) is 5.66. The van der Waals surface area contributed by atoms with Crippen molar-refractivity contribution < 1.29 is 23.5 Å². The Morgan fingerprint density at radius 2 is 2.00 bits per heavy atom. The average Bonchev–Trinajstić information content (AvgIpc) is 3.20. The number of ether oxygens (including phenoxy) is 2. The van der Waals surface area contributed by atoms with E-state index >= 15 is 0 Å². The zero-order chi connectivity index (χ0) is 18.8. The fraction of sp³-hybridized carbons (Fsp3) is 0.368. The van der Waals surface area contributed by atoms with E-state index < -0.39 is 0 Å². The van der Waals surface area contributed by atoms with Gasteiger partial charge < -0.3 is 24.5 Å². The molecule has 26 heavy (non-hydrogen) atoms. The number of hydrogen-bond donors (Lipinski definition) is 2. The molecule has 7 heteroatoms. The second kappa shape index (κ2) is 10.1. The maximum absolute atomic E-state index is 11.9. The number of rotatable bonds is 10. The van der Waals surface area contributed by atoms with Crippen molar-refractivity contribution in [2.24, 2.45) is 0 Å². The molecule has 0 aliphatic rings. The molecular weight excluding hydrogens is 336 g/mol. The summed E-state index contributed by atoms with van der Waals surface area (Å²) in [5.41, 5.74) is 1.25. The third-order valence-electron chi connectivity index (χ3n) is 3.67. The quantitative estimate of drug-likeness (QED) is 0.636. The monoisotopic (exact) mass is 360 g/mol. The molecule has 0 radical (unpaired) electrons. The van der Waals surface area contributed by atoms with Gasteiger partial charge in [-0.25, -0.2) is 0 Å². The first kappa shape index (κ1) is 19.4. The number of unbranched alkanes of at least 4 members (excludes halogenated alkanes) is 1. The zero-order valence-corrected chi connectivity index (χ0v) is 15.0. The molecular formula is C19H24N2O5. The van der Waals surface area contributed by atoms with Gasteiger partial charge in [-0.1, -0.05) is 19.4 Å². The largest absolute Gasteiger partial charge is 0.493 e. The highest BCUT2D eigenvalue weighted by Crippen LogP contribution is 2.28. The fourth-order valence-electron chi connectivity index (χ4n) is 2.19. The van der Waals surface area contributed by atoms with Crippen molar-refractivity contribution in [3.63, 3.8) is 0 Å². The van der Waals surface area contributed by atoms with Crippen molar-refractivity contribution >= 4 is 11.8 Å². The highest BCUT2D eigenvalue weighted by molar-refractivity contribution is 5.96. The molecule has 1 heterocycles. The van der Waals surface area contributed by atoms with Gasteiger partial charge in [0.1, 0.15) is 6.26 Å². The molecule has 2 rings (SSSR count). The molecule has 140 valence electrons. The van der Waals surface area contributed by atoms with Crippen molar-refractivity contribution in [3.8, 4) is 11.5 Å². The summed E-state index contributed by atoms with van der Waals surface area (Å²) < 4.78 is 15.8. The summed E-state index contributed by atoms with van der Waals surface area (Å²) in [6.07, 6.45) is 4.76. The minimum atomic E-state index is -0.357. The summed E-state index contributed by atoms with van der Waals surface area (Å²) >= 11 is 0. The second-order valence-corrected chi connectivity index (χ2v) is 5.66. The molecule has 0 saturated heterocycles. The molecule has 0 aliphatic carbocycles. The van der Waals surface area contributed by atoms with Gasteiger partial charge in [0.05, 0.1) is 32.1 Å². The van der Waals surface area contributed by atoms with Gasteiger partial charge in [0.2, 0.25) is 5.91 Å². The van der Waals surface area contributed by atoms with Crippen LogP contribution >= 0.6 is 0 Å². The van der Waals surface area contributed by atoms with E-state index in [9.17, 15) is 9.59 Å². The van der Waals surface area contributed by atoms with Gasteiger partial charge in [-0.05, 0) is 30.2 Å². The number of benzene rings is 1. The first-order valence-corrected chi connectivity index (χ1v) is 8.50. The topological polar surface area (TPSA) is 89.8 Å². The maximum Gasteiger partial charge on any atom is 0.254 e. The summed E-state index contributed by atoms with van der Waals surface area (Å²) in [4.78, 5) is 23.6. The van der Waals surface area contributed by atoms with E-state index in [1.165, 1.54) is 18.6 Å². The molecule has 0 unspecified atom stereocenters. The summed E-state index contributed by atoms with van der Waals surface area (Å²) in [7, 11) is 1.58. The normalized spacial score (nSPS) is 10.2. The lowest BCUT2D eigenvalue weighted by molar-refractivity contribution is -0.120. The van der Waals surface area contributed by atoms with Gasteiger partial charge in [0.15, 0.2) is 11.5 Å². The molecule has 7 nitrogen and oxygen atoms in total.